The van der Waals surface area contributed by atoms with Crippen LogP contribution in [0.2, 0.25) is 0 Å². The van der Waals surface area contributed by atoms with Gasteiger partial charge in [0.25, 0.3) is 0 Å². The van der Waals surface area contributed by atoms with Crippen LogP contribution in [0.5, 0.6) is 0 Å². The Hall–Kier alpha value is 0.350. The summed E-state index contributed by atoms with van der Waals surface area (Å²) in [4.78, 5) is 0. The molecule has 0 spiro atoms. The van der Waals surface area contributed by atoms with Gasteiger partial charge in [0.05, 0.1) is 0 Å². The van der Waals surface area contributed by atoms with Crippen molar-refractivity contribution in [3.8, 4) is 0 Å². The van der Waals surface area contributed by atoms with Gasteiger partial charge in [-0.3, -0.25) is 6.08 Å². The van der Waals surface area contributed by atoms with Gasteiger partial charge in [-0.05, 0) is 0 Å². The van der Waals surface area contributed by atoms with Crippen molar-refractivity contribution >= 4 is 0 Å². The summed E-state index contributed by atoms with van der Waals surface area (Å²) in [6.07, 6.45) is 9.93. The summed E-state index contributed by atoms with van der Waals surface area (Å²) in [6, 6.07) is 0. The van der Waals surface area contributed by atoms with Crippen molar-refractivity contribution in [3.05, 3.63) is 23.8 Å². The van der Waals surface area contributed by atoms with Crippen molar-refractivity contribution in [3.63, 3.8) is 0 Å². The molecule has 0 nitrogen and oxygen atoms in total. The Kier molecular flexibility index (Phi) is 5.24. The second kappa shape index (κ2) is 5.06. The molecule has 0 aromatic carbocycles. The van der Waals surface area contributed by atoms with E-state index in [-0.39, 0.29) is 25.8 Å². The third kappa shape index (κ3) is 2.53. The van der Waals surface area contributed by atoms with Crippen LogP contribution in [0.15, 0.2) is 17.7 Å². The number of rotatable bonds is 2. The minimum absolute atomic E-state index is 0. The zero-order valence-electron chi connectivity index (χ0n) is 6.65. The van der Waals surface area contributed by atoms with Crippen molar-refractivity contribution in [2.75, 3.05) is 0 Å². The Labute approximate surface area is 82.2 Å². The second-order valence-electron chi connectivity index (χ2n) is 2.55. The number of hydrogen-bond acceptors (Lipinski definition) is 0. The van der Waals surface area contributed by atoms with Crippen LogP contribution in [0, 0.1) is 12.0 Å². The average Bonchev–Trinajstić information content (AvgIpc) is 2.37. The molecule has 1 heteroatoms. The molecule has 0 radical (unpaired) electrons. The van der Waals surface area contributed by atoms with Crippen molar-refractivity contribution < 1.29 is 25.8 Å². The van der Waals surface area contributed by atoms with Crippen LogP contribution in [0.1, 0.15) is 26.7 Å². The third-order valence-electron chi connectivity index (χ3n) is 1.86. The molecule has 1 atom stereocenters. The smallest absolute Gasteiger partial charge is 0 e. The van der Waals surface area contributed by atoms with Gasteiger partial charge in [0.1, 0.15) is 0 Å². The van der Waals surface area contributed by atoms with E-state index in [1.165, 1.54) is 12.0 Å². The SMILES string of the molecule is CCC(C)C1=[C-]CC=C1.[Hf]. The van der Waals surface area contributed by atoms with E-state index in [1.807, 2.05) is 0 Å². The van der Waals surface area contributed by atoms with Gasteiger partial charge in [0, 0.05) is 25.8 Å². The molecule has 0 bridgehead atoms. The molecule has 10 heavy (non-hydrogen) atoms. The monoisotopic (exact) mass is 301 g/mol. The quantitative estimate of drug-likeness (QED) is 0.543. The van der Waals surface area contributed by atoms with Gasteiger partial charge in [-0.15, -0.1) is 6.42 Å². The maximum atomic E-state index is 3.31. The van der Waals surface area contributed by atoms with E-state index in [0.717, 1.165) is 6.42 Å². The molecular weight excluding hydrogens is 287 g/mol. The summed E-state index contributed by atoms with van der Waals surface area (Å²) in [5.74, 6) is 0.712. The Morgan fingerprint density at radius 1 is 1.70 bits per heavy atom. The molecule has 54 valence electrons. The molecule has 1 aliphatic rings. The summed E-state index contributed by atoms with van der Waals surface area (Å²) in [6.45, 7) is 4.46. The topological polar surface area (TPSA) is 0 Å². The summed E-state index contributed by atoms with van der Waals surface area (Å²) >= 11 is 0. The van der Waals surface area contributed by atoms with Gasteiger partial charge in [-0.1, -0.05) is 26.2 Å². The molecule has 0 fully saturated rings. The van der Waals surface area contributed by atoms with Gasteiger partial charge >= 0.3 is 0 Å². The first-order valence-corrected chi connectivity index (χ1v) is 3.62. The predicted molar refractivity (Wildman–Crippen MR) is 40.0 cm³/mol. The molecule has 0 aliphatic heterocycles. The molecule has 0 N–H and O–H groups in total. The van der Waals surface area contributed by atoms with E-state index in [4.69, 9.17) is 0 Å². The molecule has 1 aliphatic carbocycles. The van der Waals surface area contributed by atoms with E-state index in [9.17, 15) is 0 Å². The summed E-state index contributed by atoms with van der Waals surface area (Å²) in [5, 5.41) is 0. The standard InChI is InChI=1S/C9H13.Hf/c1-3-8(2)9-6-4-5-7-9;/h4,6,8H,3,5H2,1-2H3;/q-1;. The van der Waals surface area contributed by atoms with E-state index in [2.05, 4.69) is 32.1 Å². The molecule has 1 rings (SSSR count). The van der Waals surface area contributed by atoms with E-state index < -0.39 is 0 Å². The maximum absolute atomic E-state index is 3.31. The van der Waals surface area contributed by atoms with E-state index in [0.29, 0.717) is 5.92 Å². The van der Waals surface area contributed by atoms with Crippen LogP contribution >= 0.6 is 0 Å². The van der Waals surface area contributed by atoms with Crippen molar-refractivity contribution in [2.24, 2.45) is 5.92 Å². The second-order valence-corrected chi connectivity index (χ2v) is 2.55. The first-order valence-electron chi connectivity index (χ1n) is 3.62. The van der Waals surface area contributed by atoms with Crippen LogP contribution < -0.4 is 0 Å². The minimum atomic E-state index is 0. The summed E-state index contributed by atoms with van der Waals surface area (Å²) in [7, 11) is 0. The Morgan fingerprint density at radius 2 is 2.40 bits per heavy atom. The van der Waals surface area contributed by atoms with Gasteiger partial charge in [0.2, 0.25) is 0 Å². The number of allylic oxidation sites excluding steroid dienone is 4. The van der Waals surface area contributed by atoms with E-state index in [1.54, 1.807) is 0 Å². The van der Waals surface area contributed by atoms with Gasteiger partial charge in [0.15, 0.2) is 0 Å². The molecule has 0 amide bonds. The van der Waals surface area contributed by atoms with Crippen molar-refractivity contribution in [1.82, 2.24) is 0 Å². The molecule has 0 saturated heterocycles. The van der Waals surface area contributed by atoms with Gasteiger partial charge < -0.3 is 0 Å². The zero-order chi connectivity index (χ0) is 6.69. The fraction of sp³-hybridized carbons (Fsp3) is 0.556. The molecule has 0 aromatic heterocycles. The maximum Gasteiger partial charge on any atom is 0 e. The number of hydrogen-bond donors (Lipinski definition) is 0. The van der Waals surface area contributed by atoms with E-state index >= 15 is 0 Å². The van der Waals surface area contributed by atoms with Crippen molar-refractivity contribution in [1.29, 1.82) is 0 Å². The van der Waals surface area contributed by atoms with Crippen LogP contribution in [0.25, 0.3) is 0 Å². The van der Waals surface area contributed by atoms with Crippen LogP contribution in [-0.2, 0) is 25.8 Å². The van der Waals surface area contributed by atoms with Gasteiger partial charge in [-0.25, -0.2) is 11.6 Å². The molecule has 0 aromatic rings. The normalized spacial score (nSPS) is 18.0. The minimum Gasteiger partial charge on any atom is -0.269 e. The van der Waals surface area contributed by atoms with Crippen LogP contribution in [0.4, 0.5) is 0 Å². The van der Waals surface area contributed by atoms with Crippen LogP contribution in [-0.4, -0.2) is 0 Å². The summed E-state index contributed by atoms with van der Waals surface area (Å²) < 4.78 is 0. The predicted octanol–water partition coefficient (Wildman–Crippen LogP) is 2.72. The first-order chi connectivity index (χ1) is 4.34. The Balaban J connectivity index is 0.000000810. The first kappa shape index (κ1) is 10.4. The van der Waals surface area contributed by atoms with Crippen LogP contribution in [0.3, 0.4) is 0 Å². The Morgan fingerprint density at radius 3 is 2.80 bits per heavy atom. The average molecular weight is 300 g/mol. The fourth-order valence-corrected chi connectivity index (χ4v) is 0.980. The zero-order valence-corrected chi connectivity index (χ0v) is 10.2. The molecule has 1 unspecified atom stereocenters. The molecule has 0 saturated carbocycles. The third-order valence-corrected chi connectivity index (χ3v) is 1.86. The summed E-state index contributed by atoms with van der Waals surface area (Å²) in [5.41, 5.74) is 1.40. The van der Waals surface area contributed by atoms with Crippen molar-refractivity contribution in [2.45, 2.75) is 26.7 Å². The van der Waals surface area contributed by atoms with Gasteiger partial charge in [-0.2, -0.15) is 6.08 Å². The fourth-order valence-electron chi connectivity index (χ4n) is 0.980. The largest absolute Gasteiger partial charge is 0.269 e. The molecular formula is C9H13Hf-. The molecule has 0 heterocycles. The Bertz CT molecular complexity index is 145.